The van der Waals surface area contributed by atoms with Gasteiger partial charge in [-0.3, -0.25) is 9.59 Å². The molecule has 1 unspecified atom stereocenters. The largest absolute Gasteiger partial charge is 0.357 e. The Labute approximate surface area is 118 Å². The first-order valence-corrected chi connectivity index (χ1v) is 6.55. The highest BCUT2D eigenvalue weighted by Crippen LogP contribution is 2.19. The Hall–Kier alpha value is -2.18. The standard InChI is InChI=1S/C13H19N5O2/c1-9-6-12(16-8-15-9)18-5-4-17(10(2)19)7-11(18)13(20)14-3/h6,8,11H,4-5,7H2,1-3H3,(H,14,20). The molecule has 0 aliphatic carbocycles. The first kappa shape index (κ1) is 14.2. The topological polar surface area (TPSA) is 78.4 Å². The highest BCUT2D eigenvalue weighted by atomic mass is 16.2. The molecule has 2 amide bonds. The molecule has 0 saturated carbocycles. The van der Waals surface area contributed by atoms with Crippen molar-refractivity contribution in [3.8, 4) is 0 Å². The van der Waals surface area contributed by atoms with Crippen LogP contribution in [0.25, 0.3) is 0 Å². The fourth-order valence-corrected chi connectivity index (χ4v) is 2.33. The number of carbonyl (C=O) groups is 2. The van der Waals surface area contributed by atoms with Crippen LogP contribution in [0.3, 0.4) is 0 Å². The molecule has 0 radical (unpaired) electrons. The normalized spacial score (nSPS) is 18.9. The average molecular weight is 277 g/mol. The number of amides is 2. The van der Waals surface area contributed by atoms with E-state index in [1.807, 2.05) is 17.9 Å². The van der Waals surface area contributed by atoms with Crippen LogP contribution >= 0.6 is 0 Å². The van der Waals surface area contributed by atoms with E-state index in [0.29, 0.717) is 25.5 Å². The van der Waals surface area contributed by atoms with Gasteiger partial charge in [0.2, 0.25) is 11.8 Å². The number of aromatic nitrogens is 2. The second-order valence-electron chi connectivity index (χ2n) is 4.81. The van der Waals surface area contributed by atoms with Crippen LogP contribution < -0.4 is 10.2 Å². The monoisotopic (exact) mass is 277 g/mol. The summed E-state index contributed by atoms with van der Waals surface area (Å²) in [5, 5.41) is 2.65. The molecular weight excluding hydrogens is 258 g/mol. The van der Waals surface area contributed by atoms with Crippen LogP contribution in [0.5, 0.6) is 0 Å². The van der Waals surface area contributed by atoms with Gasteiger partial charge in [-0.05, 0) is 6.92 Å². The maximum Gasteiger partial charge on any atom is 0.244 e. The van der Waals surface area contributed by atoms with Gasteiger partial charge in [0.15, 0.2) is 0 Å². The van der Waals surface area contributed by atoms with Gasteiger partial charge < -0.3 is 15.1 Å². The van der Waals surface area contributed by atoms with Gasteiger partial charge in [-0.15, -0.1) is 0 Å². The summed E-state index contributed by atoms with van der Waals surface area (Å²) in [7, 11) is 1.60. The third kappa shape index (κ3) is 2.87. The molecule has 1 aliphatic rings. The van der Waals surface area contributed by atoms with Crippen molar-refractivity contribution in [2.24, 2.45) is 0 Å². The number of aryl methyl sites for hydroxylation is 1. The second kappa shape index (κ2) is 5.85. The van der Waals surface area contributed by atoms with E-state index in [-0.39, 0.29) is 11.8 Å². The van der Waals surface area contributed by atoms with E-state index in [1.54, 1.807) is 11.9 Å². The van der Waals surface area contributed by atoms with E-state index in [4.69, 9.17) is 0 Å². The Balaban J connectivity index is 2.27. The molecule has 1 aromatic rings. The fourth-order valence-electron chi connectivity index (χ4n) is 2.33. The Morgan fingerprint density at radius 1 is 1.35 bits per heavy atom. The zero-order valence-corrected chi connectivity index (χ0v) is 12.0. The van der Waals surface area contributed by atoms with Crippen molar-refractivity contribution in [2.75, 3.05) is 31.6 Å². The van der Waals surface area contributed by atoms with Gasteiger partial charge >= 0.3 is 0 Å². The molecular formula is C13H19N5O2. The minimum absolute atomic E-state index is 0.0163. The predicted octanol–water partition coefficient (Wildman–Crippen LogP) is -0.432. The Morgan fingerprint density at radius 3 is 2.70 bits per heavy atom. The van der Waals surface area contributed by atoms with Crippen LogP contribution in [0.4, 0.5) is 5.82 Å². The van der Waals surface area contributed by atoms with Crippen molar-refractivity contribution in [3.05, 3.63) is 18.1 Å². The molecule has 2 rings (SSSR count). The number of hydrogen-bond acceptors (Lipinski definition) is 5. The van der Waals surface area contributed by atoms with Crippen molar-refractivity contribution in [1.29, 1.82) is 0 Å². The predicted molar refractivity (Wildman–Crippen MR) is 74.2 cm³/mol. The van der Waals surface area contributed by atoms with Crippen molar-refractivity contribution in [3.63, 3.8) is 0 Å². The third-order valence-corrected chi connectivity index (χ3v) is 3.46. The maximum atomic E-state index is 12.1. The average Bonchev–Trinajstić information content (AvgIpc) is 2.45. The third-order valence-electron chi connectivity index (χ3n) is 3.46. The first-order chi connectivity index (χ1) is 9.52. The van der Waals surface area contributed by atoms with Crippen molar-refractivity contribution in [1.82, 2.24) is 20.2 Å². The van der Waals surface area contributed by atoms with E-state index in [1.165, 1.54) is 13.3 Å². The minimum Gasteiger partial charge on any atom is -0.357 e. The van der Waals surface area contributed by atoms with E-state index >= 15 is 0 Å². The second-order valence-corrected chi connectivity index (χ2v) is 4.81. The maximum absolute atomic E-state index is 12.1. The summed E-state index contributed by atoms with van der Waals surface area (Å²) in [5.74, 6) is 0.582. The number of nitrogens with zero attached hydrogens (tertiary/aromatic N) is 4. The Bertz CT molecular complexity index is 519. The van der Waals surface area contributed by atoms with Gasteiger partial charge in [0.25, 0.3) is 0 Å². The lowest BCUT2D eigenvalue weighted by Crippen LogP contribution is -2.60. The molecule has 1 aliphatic heterocycles. The first-order valence-electron chi connectivity index (χ1n) is 6.55. The molecule has 1 saturated heterocycles. The van der Waals surface area contributed by atoms with Gasteiger partial charge in [0.1, 0.15) is 18.2 Å². The SMILES string of the molecule is CNC(=O)C1CN(C(C)=O)CCN1c1cc(C)ncn1. The molecule has 7 nitrogen and oxygen atoms in total. The van der Waals surface area contributed by atoms with Gasteiger partial charge in [-0.1, -0.05) is 0 Å². The quantitative estimate of drug-likeness (QED) is 0.793. The minimum atomic E-state index is -0.424. The lowest BCUT2D eigenvalue weighted by atomic mass is 10.1. The van der Waals surface area contributed by atoms with E-state index in [0.717, 1.165) is 5.69 Å². The van der Waals surface area contributed by atoms with Crippen LogP contribution in [-0.2, 0) is 9.59 Å². The molecule has 1 aromatic heterocycles. The highest BCUT2D eigenvalue weighted by molar-refractivity contribution is 5.86. The molecule has 0 bridgehead atoms. The summed E-state index contributed by atoms with van der Waals surface area (Å²) < 4.78 is 0. The molecule has 1 N–H and O–H groups in total. The molecule has 0 spiro atoms. The van der Waals surface area contributed by atoms with Gasteiger partial charge in [0.05, 0.1) is 6.54 Å². The van der Waals surface area contributed by atoms with Crippen molar-refractivity contribution < 1.29 is 9.59 Å². The lowest BCUT2D eigenvalue weighted by molar-refractivity contribution is -0.131. The van der Waals surface area contributed by atoms with Crippen LogP contribution in [0.1, 0.15) is 12.6 Å². The lowest BCUT2D eigenvalue weighted by Gasteiger charge is -2.40. The number of rotatable bonds is 2. The fraction of sp³-hybridized carbons (Fsp3) is 0.538. The number of carbonyl (C=O) groups excluding carboxylic acids is 2. The summed E-state index contributed by atoms with van der Waals surface area (Å²) in [6.45, 7) is 4.94. The molecule has 1 fully saturated rings. The molecule has 2 heterocycles. The number of nitrogens with one attached hydrogen (secondary N) is 1. The summed E-state index contributed by atoms with van der Waals surface area (Å²) in [6.07, 6.45) is 1.49. The van der Waals surface area contributed by atoms with Crippen LogP contribution in [0.15, 0.2) is 12.4 Å². The van der Waals surface area contributed by atoms with Gasteiger partial charge in [-0.25, -0.2) is 9.97 Å². The Kier molecular flexibility index (Phi) is 4.16. The summed E-state index contributed by atoms with van der Waals surface area (Å²) in [5.41, 5.74) is 0.847. The summed E-state index contributed by atoms with van der Waals surface area (Å²) in [4.78, 5) is 35.5. The van der Waals surface area contributed by atoms with Crippen molar-refractivity contribution in [2.45, 2.75) is 19.9 Å². The van der Waals surface area contributed by atoms with Crippen molar-refractivity contribution >= 4 is 17.6 Å². The van der Waals surface area contributed by atoms with E-state index < -0.39 is 6.04 Å². The van der Waals surface area contributed by atoms with E-state index in [2.05, 4.69) is 15.3 Å². The number of hydrogen-bond donors (Lipinski definition) is 1. The molecule has 7 heteroatoms. The Morgan fingerprint density at radius 2 is 2.10 bits per heavy atom. The summed E-state index contributed by atoms with van der Waals surface area (Å²) in [6, 6.07) is 1.42. The smallest absolute Gasteiger partial charge is 0.244 e. The van der Waals surface area contributed by atoms with Crippen LogP contribution in [-0.4, -0.2) is 59.4 Å². The number of likely N-dealkylation sites (N-methyl/N-ethyl adjacent to an activating group) is 1. The van der Waals surface area contributed by atoms with Gasteiger partial charge in [-0.2, -0.15) is 0 Å². The van der Waals surface area contributed by atoms with Crippen LogP contribution in [0.2, 0.25) is 0 Å². The highest BCUT2D eigenvalue weighted by Gasteiger charge is 2.33. The zero-order valence-electron chi connectivity index (χ0n) is 12.0. The number of piperazine rings is 1. The molecule has 1 atom stereocenters. The van der Waals surface area contributed by atoms with Gasteiger partial charge in [0, 0.05) is 38.8 Å². The molecule has 0 aromatic carbocycles. The molecule has 20 heavy (non-hydrogen) atoms. The number of anilines is 1. The molecule has 108 valence electrons. The summed E-state index contributed by atoms with van der Waals surface area (Å²) >= 11 is 0. The zero-order chi connectivity index (χ0) is 14.7. The van der Waals surface area contributed by atoms with E-state index in [9.17, 15) is 9.59 Å². The van der Waals surface area contributed by atoms with Crippen LogP contribution in [0, 0.1) is 6.92 Å².